The van der Waals surface area contributed by atoms with E-state index in [1.54, 1.807) is 11.3 Å². The molecule has 0 bridgehead atoms. The van der Waals surface area contributed by atoms with Crippen LogP contribution in [0.2, 0.25) is 0 Å². The molecule has 1 unspecified atom stereocenters. The number of nitrogens with zero attached hydrogens (tertiary/aromatic N) is 1. The fourth-order valence-corrected chi connectivity index (χ4v) is 3.23. The molecule has 2 aromatic rings. The number of ether oxygens (including phenoxy) is 1. The van der Waals surface area contributed by atoms with Gasteiger partial charge < -0.3 is 15.4 Å². The van der Waals surface area contributed by atoms with Crippen LogP contribution in [-0.2, 0) is 9.53 Å². The maximum atomic E-state index is 12.1. The molecule has 0 saturated carbocycles. The van der Waals surface area contributed by atoms with E-state index in [2.05, 4.69) is 29.5 Å². The minimum atomic E-state index is -0.415. The smallest absolute Gasteiger partial charge is 0.254 e. The normalized spacial score (nSPS) is 18.2. The molecule has 1 aromatic carbocycles. The third-order valence-electron chi connectivity index (χ3n) is 3.39. The highest BCUT2D eigenvalue weighted by Crippen LogP contribution is 2.29. The van der Waals surface area contributed by atoms with Crippen molar-refractivity contribution in [2.24, 2.45) is 0 Å². The van der Waals surface area contributed by atoms with Crippen molar-refractivity contribution in [2.45, 2.75) is 25.9 Å². The molecule has 120 valence electrons. The maximum Gasteiger partial charge on any atom is 0.254 e. The van der Waals surface area contributed by atoms with E-state index in [9.17, 15) is 4.79 Å². The van der Waals surface area contributed by atoms with Crippen LogP contribution in [0.15, 0.2) is 18.2 Å². The summed E-state index contributed by atoms with van der Waals surface area (Å²) in [5.74, 6) is 0.317. The SMILES string of the molecule is CC(C)c1nc2ccc(NC(=O)C3CNCCO3)cc2s1.Cl. The van der Waals surface area contributed by atoms with Crippen LogP contribution in [0.5, 0.6) is 0 Å². The van der Waals surface area contributed by atoms with Crippen molar-refractivity contribution in [3.63, 3.8) is 0 Å². The van der Waals surface area contributed by atoms with Gasteiger partial charge in [0, 0.05) is 24.7 Å². The number of hydrogen-bond acceptors (Lipinski definition) is 5. The zero-order valence-corrected chi connectivity index (χ0v) is 14.2. The minimum Gasteiger partial charge on any atom is -0.366 e. The minimum absolute atomic E-state index is 0. The van der Waals surface area contributed by atoms with Crippen molar-refractivity contribution in [3.05, 3.63) is 23.2 Å². The summed E-state index contributed by atoms with van der Waals surface area (Å²) in [5.41, 5.74) is 1.78. The maximum absolute atomic E-state index is 12.1. The largest absolute Gasteiger partial charge is 0.366 e. The number of amides is 1. The van der Waals surface area contributed by atoms with E-state index in [0.29, 0.717) is 19.1 Å². The van der Waals surface area contributed by atoms with Gasteiger partial charge in [-0.3, -0.25) is 4.79 Å². The number of rotatable bonds is 3. The second-order valence-corrected chi connectivity index (χ2v) is 6.50. The lowest BCUT2D eigenvalue weighted by Gasteiger charge is -2.22. The molecule has 0 spiro atoms. The molecule has 1 fully saturated rings. The van der Waals surface area contributed by atoms with Crippen molar-refractivity contribution in [3.8, 4) is 0 Å². The predicted octanol–water partition coefficient (Wildman–Crippen LogP) is 2.77. The Kier molecular flexibility index (Phi) is 5.74. The van der Waals surface area contributed by atoms with Crippen molar-refractivity contribution in [2.75, 3.05) is 25.0 Å². The van der Waals surface area contributed by atoms with Gasteiger partial charge in [-0.1, -0.05) is 13.8 Å². The summed E-state index contributed by atoms with van der Waals surface area (Å²) in [6, 6.07) is 5.82. The Hall–Kier alpha value is -1.21. The average molecular weight is 342 g/mol. The molecule has 0 aliphatic carbocycles. The summed E-state index contributed by atoms with van der Waals surface area (Å²) in [4.78, 5) is 16.7. The summed E-state index contributed by atoms with van der Waals surface area (Å²) >= 11 is 1.68. The highest BCUT2D eigenvalue weighted by molar-refractivity contribution is 7.18. The first kappa shape index (κ1) is 17.1. The molecule has 2 heterocycles. The predicted molar refractivity (Wildman–Crippen MR) is 92.2 cm³/mol. The molecule has 5 nitrogen and oxygen atoms in total. The number of anilines is 1. The van der Waals surface area contributed by atoms with Crippen LogP contribution < -0.4 is 10.6 Å². The Bertz CT molecular complexity index is 653. The first-order chi connectivity index (χ1) is 10.1. The Labute approximate surface area is 139 Å². The van der Waals surface area contributed by atoms with Gasteiger partial charge in [0.2, 0.25) is 0 Å². The Balaban J connectivity index is 0.00000176. The first-order valence-electron chi connectivity index (χ1n) is 7.17. The van der Waals surface area contributed by atoms with Gasteiger partial charge in [0.25, 0.3) is 5.91 Å². The zero-order valence-electron chi connectivity index (χ0n) is 12.6. The van der Waals surface area contributed by atoms with Crippen LogP contribution in [0.25, 0.3) is 10.2 Å². The number of aromatic nitrogens is 1. The van der Waals surface area contributed by atoms with Crippen LogP contribution in [-0.4, -0.2) is 36.7 Å². The van der Waals surface area contributed by atoms with E-state index in [4.69, 9.17) is 4.74 Å². The van der Waals surface area contributed by atoms with Crippen LogP contribution in [0.4, 0.5) is 5.69 Å². The van der Waals surface area contributed by atoms with Crippen molar-refractivity contribution in [1.82, 2.24) is 10.3 Å². The molecular weight excluding hydrogens is 322 g/mol. The van der Waals surface area contributed by atoms with E-state index >= 15 is 0 Å². The Morgan fingerprint density at radius 1 is 1.50 bits per heavy atom. The zero-order chi connectivity index (χ0) is 14.8. The molecule has 1 amide bonds. The lowest BCUT2D eigenvalue weighted by molar-refractivity contribution is -0.128. The highest BCUT2D eigenvalue weighted by atomic mass is 35.5. The molecule has 1 atom stereocenters. The highest BCUT2D eigenvalue weighted by Gasteiger charge is 2.21. The fourth-order valence-electron chi connectivity index (χ4n) is 2.22. The Morgan fingerprint density at radius 2 is 2.32 bits per heavy atom. The number of thiazole rings is 1. The van der Waals surface area contributed by atoms with Crippen LogP contribution in [0.1, 0.15) is 24.8 Å². The van der Waals surface area contributed by atoms with Gasteiger partial charge in [0.1, 0.15) is 6.10 Å². The summed E-state index contributed by atoms with van der Waals surface area (Å²) in [7, 11) is 0. The molecule has 1 aliphatic rings. The van der Waals surface area contributed by atoms with E-state index in [0.717, 1.165) is 27.5 Å². The summed E-state index contributed by atoms with van der Waals surface area (Å²) < 4.78 is 6.55. The molecule has 7 heteroatoms. The first-order valence-corrected chi connectivity index (χ1v) is 7.99. The van der Waals surface area contributed by atoms with Crippen molar-refractivity contribution < 1.29 is 9.53 Å². The second kappa shape index (κ2) is 7.37. The molecule has 0 radical (unpaired) electrons. The lowest BCUT2D eigenvalue weighted by atomic mass is 10.2. The third-order valence-corrected chi connectivity index (χ3v) is 4.71. The molecule has 1 aromatic heterocycles. The van der Waals surface area contributed by atoms with Gasteiger partial charge in [-0.2, -0.15) is 0 Å². The molecule has 22 heavy (non-hydrogen) atoms. The molecule has 3 rings (SSSR count). The molecular formula is C15H20ClN3O2S. The van der Waals surface area contributed by atoms with Gasteiger partial charge in [0.05, 0.1) is 21.8 Å². The van der Waals surface area contributed by atoms with E-state index in [1.165, 1.54) is 0 Å². The molecule has 2 N–H and O–H groups in total. The summed E-state index contributed by atoms with van der Waals surface area (Å²) in [5, 5.41) is 7.19. The third kappa shape index (κ3) is 3.76. The molecule has 1 saturated heterocycles. The number of halogens is 1. The van der Waals surface area contributed by atoms with Gasteiger partial charge in [-0.25, -0.2) is 4.98 Å². The van der Waals surface area contributed by atoms with E-state index in [1.807, 2.05) is 18.2 Å². The van der Waals surface area contributed by atoms with Crippen molar-refractivity contribution in [1.29, 1.82) is 0 Å². The number of nitrogens with one attached hydrogen (secondary N) is 2. The van der Waals surface area contributed by atoms with Crippen LogP contribution in [0, 0.1) is 0 Å². The number of hydrogen-bond donors (Lipinski definition) is 2. The van der Waals surface area contributed by atoms with Gasteiger partial charge in [0.15, 0.2) is 0 Å². The van der Waals surface area contributed by atoms with Gasteiger partial charge >= 0.3 is 0 Å². The second-order valence-electron chi connectivity index (χ2n) is 5.44. The summed E-state index contributed by atoms with van der Waals surface area (Å²) in [6.07, 6.45) is -0.415. The topological polar surface area (TPSA) is 63.2 Å². The van der Waals surface area contributed by atoms with Gasteiger partial charge in [-0.15, -0.1) is 23.7 Å². The quantitative estimate of drug-likeness (QED) is 0.901. The number of carbonyl (C=O) groups is 1. The average Bonchev–Trinajstić information content (AvgIpc) is 2.91. The number of fused-ring (bicyclic) bond motifs is 1. The van der Waals surface area contributed by atoms with E-state index < -0.39 is 6.10 Å². The molecule has 1 aliphatic heterocycles. The van der Waals surface area contributed by atoms with Crippen LogP contribution in [0.3, 0.4) is 0 Å². The number of carbonyl (C=O) groups excluding carboxylic acids is 1. The van der Waals surface area contributed by atoms with Crippen LogP contribution >= 0.6 is 23.7 Å². The standard InChI is InChI=1S/C15H19N3O2S.ClH/c1-9(2)15-18-11-4-3-10(7-13(11)21-15)17-14(19)12-8-16-5-6-20-12;/h3-4,7,9,12,16H,5-6,8H2,1-2H3,(H,17,19);1H. The fraction of sp³-hybridized carbons (Fsp3) is 0.467. The van der Waals surface area contributed by atoms with Crippen molar-refractivity contribution >= 4 is 45.6 Å². The van der Waals surface area contributed by atoms with E-state index in [-0.39, 0.29) is 18.3 Å². The Morgan fingerprint density at radius 3 is 3.00 bits per heavy atom. The summed E-state index contributed by atoms with van der Waals surface area (Å²) in [6.45, 7) is 6.20. The van der Waals surface area contributed by atoms with Gasteiger partial charge in [-0.05, 0) is 18.2 Å². The number of morpholine rings is 1. The lowest BCUT2D eigenvalue weighted by Crippen LogP contribution is -2.45. The monoisotopic (exact) mass is 341 g/mol. The number of benzene rings is 1.